The van der Waals surface area contributed by atoms with E-state index >= 15 is 0 Å². The van der Waals surface area contributed by atoms with Gasteiger partial charge in [-0.25, -0.2) is 0 Å². The predicted octanol–water partition coefficient (Wildman–Crippen LogP) is 3.23. The van der Waals surface area contributed by atoms with Crippen LogP contribution in [0.2, 0.25) is 0 Å². The molecule has 0 fully saturated rings. The molecule has 0 aromatic heterocycles. The Balaban J connectivity index is 2.34. The van der Waals surface area contributed by atoms with Crippen LogP contribution in [0.4, 0.5) is 0 Å². The van der Waals surface area contributed by atoms with Gasteiger partial charge in [0.25, 0.3) is 0 Å². The predicted molar refractivity (Wildman–Crippen MR) is 81.4 cm³/mol. The van der Waals surface area contributed by atoms with E-state index in [4.69, 9.17) is 4.74 Å². The maximum atomic E-state index is 11.8. The minimum absolute atomic E-state index is 0.135. The van der Waals surface area contributed by atoms with Crippen molar-refractivity contribution >= 4 is 21.9 Å². The Morgan fingerprint density at radius 3 is 2.63 bits per heavy atom. The van der Waals surface area contributed by atoms with Crippen molar-refractivity contribution in [2.45, 2.75) is 32.9 Å². The van der Waals surface area contributed by atoms with Gasteiger partial charge >= 0.3 is 5.97 Å². The third kappa shape index (κ3) is 6.21. The maximum absolute atomic E-state index is 11.8. The van der Waals surface area contributed by atoms with E-state index in [0.29, 0.717) is 13.0 Å². The third-order valence-corrected chi connectivity index (χ3v) is 3.46. The molecule has 0 aliphatic rings. The average molecular weight is 328 g/mol. The number of hydrogen-bond donors (Lipinski definition) is 0. The van der Waals surface area contributed by atoms with Gasteiger partial charge in [0.1, 0.15) is 6.61 Å². The van der Waals surface area contributed by atoms with E-state index in [0.717, 1.165) is 24.0 Å². The number of carbonyl (C=O) groups excluding carboxylic acids is 1. The van der Waals surface area contributed by atoms with Crippen molar-refractivity contribution in [2.24, 2.45) is 0 Å². The highest BCUT2D eigenvalue weighted by molar-refractivity contribution is 9.09. The molecule has 1 atom stereocenters. The number of benzene rings is 1. The maximum Gasteiger partial charge on any atom is 0.307 e. The lowest BCUT2D eigenvalue weighted by Gasteiger charge is -2.26. The van der Waals surface area contributed by atoms with Gasteiger partial charge in [-0.2, -0.15) is 0 Å². The van der Waals surface area contributed by atoms with E-state index in [1.807, 2.05) is 30.3 Å². The molecule has 1 aromatic rings. The molecule has 0 aliphatic carbocycles. The Hall–Kier alpha value is -0.870. The molecule has 19 heavy (non-hydrogen) atoms. The van der Waals surface area contributed by atoms with Gasteiger partial charge in [0, 0.05) is 17.9 Å². The Bertz CT molecular complexity index is 370. The summed E-state index contributed by atoms with van der Waals surface area (Å²) >= 11 is 3.43. The van der Waals surface area contributed by atoms with Gasteiger partial charge in [0.15, 0.2) is 0 Å². The monoisotopic (exact) mass is 327 g/mol. The van der Waals surface area contributed by atoms with Gasteiger partial charge in [-0.1, -0.05) is 53.2 Å². The first-order valence-electron chi connectivity index (χ1n) is 6.67. The Morgan fingerprint density at radius 2 is 2.05 bits per heavy atom. The number of ether oxygens (including phenoxy) is 1. The molecule has 3 nitrogen and oxygen atoms in total. The van der Waals surface area contributed by atoms with Crippen molar-refractivity contribution in [3.63, 3.8) is 0 Å². The third-order valence-electron chi connectivity index (χ3n) is 3.11. The molecule has 1 rings (SSSR count). The number of halogens is 1. The van der Waals surface area contributed by atoms with E-state index in [1.54, 1.807) is 0 Å². The molecule has 0 saturated carbocycles. The van der Waals surface area contributed by atoms with Crippen LogP contribution < -0.4 is 0 Å². The molecule has 4 heteroatoms. The van der Waals surface area contributed by atoms with E-state index < -0.39 is 0 Å². The summed E-state index contributed by atoms with van der Waals surface area (Å²) in [6.07, 6.45) is 0.438. The minimum Gasteiger partial charge on any atom is -0.461 e. The minimum atomic E-state index is -0.135. The molecular formula is C15H22BrNO2. The molecule has 0 saturated heterocycles. The van der Waals surface area contributed by atoms with Crippen LogP contribution in [-0.4, -0.2) is 35.3 Å². The molecule has 0 bridgehead atoms. The summed E-state index contributed by atoms with van der Waals surface area (Å²) in [7, 11) is 0. The van der Waals surface area contributed by atoms with Crippen molar-refractivity contribution in [3.8, 4) is 0 Å². The molecule has 0 aliphatic heterocycles. The summed E-state index contributed by atoms with van der Waals surface area (Å²) in [6, 6.07) is 9.97. The van der Waals surface area contributed by atoms with Crippen LogP contribution in [0.1, 0.15) is 25.8 Å². The second-order valence-electron chi connectivity index (χ2n) is 4.52. The molecular weight excluding hydrogens is 306 g/mol. The highest BCUT2D eigenvalue weighted by Gasteiger charge is 2.16. The first-order chi connectivity index (χ1) is 9.17. The number of carbonyl (C=O) groups is 1. The largest absolute Gasteiger partial charge is 0.461 e. The summed E-state index contributed by atoms with van der Waals surface area (Å²) in [6.45, 7) is 6.42. The van der Waals surface area contributed by atoms with Crippen molar-refractivity contribution in [2.75, 3.05) is 18.4 Å². The number of rotatable bonds is 8. The standard InChI is InChI=1S/C15H22BrNO2/c1-3-17(10-9-16)13(2)11-15(18)19-12-14-7-5-4-6-8-14/h4-8,13H,3,9-12H2,1-2H3/t13-/m1/s1. The number of alkyl halides is 1. The van der Waals surface area contributed by atoms with Gasteiger partial charge in [-0.05, 0) is 19.0 Å². The van der Waals surface area contributed by atoms with Crippen molar-refractivity contribution in [1.82, 2.24) is 4.90 Å². The Kier molecular flexibility index (Phi) is 7.75. The Morgan fingerprint density at radius 1 is 1.37 bits per heavy atom. The highest BCUT2D eigenvalue weighted by Crippen LogP contribution is 2.07. The lowest BCUT2D eigenvalue weighted by molar-refractivity contribution is -0.146. The van der Waals surface area contributed by atoms with Crippen LogP contribution in [0.25, 0.3) is 0 Å². The molecule has 0 spiro atoms. The molecule has 0 unspecified atom stereocenters. The van der Waals surface area contributed by atoms with Crippen LogP contribution in [0.3, 0.4) is 0 Å². The molecule has 0 radical (unpaired) electrons. The van der Waals surface area contributed by atoms with E-state index in [9.17, 15) is 4.79 Å². The normalized spacial score (nSPS) is 12.4. The molecule has 1 aromatic carbocycles. The fraction of sp³-hybridized carbons (Fsp3) is 0.533. The van der Waals surface area contributed by atoms with E-state index in [2.05, 4.69) is 34.7 Å². The van der Waals surface area contributed by atoms with Gasteiger partial charge < -0.3 is 4.74 Å². The first-order valence-corrected chi connectivity index (χ1v) is 7.79. The fourth-order valence-electron chi connectivity index (χ4n) is 1.97. The molecule has 0 amide bonds. The van der Waals surface area contributed by atoms with Gasteiger partial charge in [0.05, 0.1) is 6.42 Å². The number of hydrogen-bond acceptors (Lipinski definition) is 3. The van der Waals surface area contributed by atoms with Crippen LogP contribution in [0.5, 0.6) is 0 Å². The lowest BCUT2D eigenvalue weighted by Crippen LogP contribution is -2.36. The zero-order chi connectivity index (χ0) is 14.1. The summed E-state index contributed by atoms with van der Waals surface area (Å²) < 4.78 is 5.29. The zero-order valence-electron chi connectivity index (χ0n) is 11.6. The van der Waals surface area contributed by atoms with Crippen molar-refractivity contribution in [3.05, 3.63) is 35.9 Å². The topological polar surface area (TPSA) is 29.5 Å². The molecule has 106 valence electrons. The summed E-state index contributed by atoms with van der Waals surface area (Å²) in [5, 5.41) is 0.921. The van der Waals surface area contributed by atoms with Crippen LogP contribution in [0.15, 0.2) is 30.3 Å². The number of nitrogens with zero attached hydrogens (tertiary/aromatic N) is 1. The van der Waals surface area contributed by atoms with Crippen LogP contribution in [-0.2, 0) is 16.1 Å². The van der Waals surface area contributed by atoms with Gasteiger partial charge in [0.2, 0.25) is 0 Å². The van der Waals surface area contributed by atoms with Crippen molar-refractivity contribution < 1.29 is 9.53 Å². The smallest absolute Gasteiger partial charge is 0.307 e. The zero-order valence-corrected chi connectivity index (χ0v) is 13.2. The lowest BCUT2D eigenvalue weighted by atomic mass is 10.2. The van der Waals surface area contributed by atoms with Crippen molar-refractivity contribution in [1.29, 1.82) is 0 Å². The SMILES string of the molecule is CCN(CCBr)[C@H](C)CC(=O)OCc1ccccc1. The van der Waals surface area contributed by atoms with E-state index in [-0.39, 0.29) is 12.0 Å². The van der Waals surface area contributed by atoms with Crippen LogP contribution in [0, 0.1) is 0 Å². The average Bonchev–Trinajstić information content (AvgIpc) is 2.43. The molecule has 0 N–H and O–H groups in total. The highest BCUT2D eigenvalue weighted by atomic mass is 79.9. The molecule has 0 heterocycles. The quantitative estimate of drug-likeness (QED) is 0.542. The number of esters is 1. The van der Waals surface area contributed by atoms with Gasteiger partial charge in [-0.3, -0.25) is 9.69 Å². The second-order valence-corrected chi connectivity index (χ2v) is 5.31. The van der Waals surface area contributed by atoms with E-state index in [1.165, 1.54) is 0 Å². The first kappa shape index (κ1) is 16.2. The van der Waals surface area contributed by atoms with Gasteiger partial charge in [-0.15, -0.1) is 0 Å². The Labute approximate surface area is 124 Å². The fourth-order valence-corrected chi connectivity index (χ4v) is 2.42. The second kappa shape index (κ2) is 9.10. The summed E-state index contributed by atoms with van der Waals surface area (Å²) in [4.78, 5) is 14.1. The summed E-state index contributed by atoms with van der Waals surface area (Å²) in [5.41, 5.74) is 1.02. The van der Waals surface area contributed by atoms with Crippen LogP contribution >= 0.6 is 15.9 Å². The summed E-state index contributed by atoms with van der Waals surface area (Å²) in [5.74, 6) is -0.135.